The summed E-state index contributed by atoms with van der Waals surface area (Å²) in [7, 11) is 1.63. The van der Waals surface area contributed by atoms with Crippen LogP contribution < -0.4 is 5.73 Å². The fourth-order valence-corrected chi connectivity index (χ4v) is 2.07. The molecule has 1 fully saturated rings. The molecule has 1 saturated heterocycles. The SMILES string of the molecule is COCCC(N)C(=O)N1CCCCCCC1. The van der Waals surface area contributed by atoms with Crippen molar-refractivity contribution in [3.8, 4) is 0 Å². The number of hydrogen-bond acceptors (Lipinski definition) is 3. The minimum absolute atomic E-state index is 0.0963. The number of nitrogens with two attached hydrogens (primary N) is 1. The van der Waals surface area contributed by atoms with E-state index in [9.17, 15) is 4.79 Å². The average Bonchev–Trinajstić information content (AvgIpc) is 2.24. The van der Waals surface area contributed by atoms with Crippen LogP contribution in [-0.4, -0.2) is 43.7 Å². The largest absolute Gasteiger partial charge is 0.385 e. The molecule has 1 rings (SSSR count). The second kappa shape index (κ2) is 7.63. The van der Waals surface area contributed by atoms with Gasteiger partial charge in [0.1, 0.15) is 0 Å². The highest BCUT2D eigenvalue weighted by Gasteiger charge is 2.20. The van der Waals surface area contributed by atoms with E-state index in [0.29, 0.717) is 13.0 Å². The minimum atomic E-state index is -0.389. The Kier molecular flexibility index (Phi) is 6.42. The smallest absolute Gasteiger partial charge is 0.239 e. The predicted octanol–water partition coefficient (Wildman–Crippen LogP) is 1.14. The molecule has 1 amide bonds. The Morgan fingerprint density at radius 1 is 1.25 bits per heavy atom. The van der Waals surface area contributed by atoms with Gasteiger partial charge in [-0.15, -0.1) is 0 Å². The van der Waals surface area contributed by atoms with Gasteiger partial charge >= 0.3 is 0 Å². The summed E-state index contributed by atoms with van der Waals surface area (Å²) in [5, 5.41) is 0. The van der Waals surface area contributed by atoms with E-state index in [1.807, 2.05) is 4.90 Å². The first-order valence-electron chi connectivity index (χ1n) is 6.29. The highest BCUT2D eigenvalue weighted by molar-refractivity contribution is 5.81. The minimum Gasteiger partial charge on any atom is -0.385 e. The van der Waals surface area contributed by atoms with Crippen LogP contribution >= 0.6 is 0 Å². The summed E-state index contributed by atoms with van der Waals surface area (Å²) in [6.07, 6.45) is 6.61. The molecule has 4 heteroatoms. The molecular weight excluding hydrogens is 204 g/mol. The third-order valence-corrected chi connectivity index (χ3v) is 3.12. The number of rotatable bonds is 4. The fourth-order valence-electron chi connectivity index (χ4n) is 2.07. The van der Waals surface area contributed by atoms with Crippen molar-refractivity contribution in [2.45, 2.75) is 44.6 Å². The number of carbonyl (C=O) groups is 1. The molecule has 94 valence electrons. The van der Waals surface area contributed by atoms with Crippen molar-refractivity contribution in [2.75, 3.05) is 26.8 Å². The Bertz CT molecular complexity index is 201. The fraction of sp³-hybridized carbons (Fsp3) is 0.917. The van der Waals surface area contributed by atoms with Gasteiger partial charge in [0.2, 0.25) is 5.91 Å². The molecule has 0 bridgehead atoms. The number of carbonyl (C=O) groups excluding carboxylic acids is 1. The third-order valence-electron chi connectivity index (χ3n) is 3.12. The Morgan fingerprint density at radius 2 is 1.81 bits per heavy atom. The van der Waals surface area contributed by atoms with Crippen LogP contribution in [0.3, 0.4) is 0 Å². The molecular formula is C12H24N2O2. The number of methoxy groups -OCH3 is 1. The molecule has 0 aliphatic carbocycles. The van der Waals surface area contributed by atoms with Crippen molar-refractivity contribution in [2.24, 2.45) is 5.73 Å². The summed E-state index contributed by atoms with van der Waals surface area (Å²) in [4.78, 5) is 13.9. The van der Waals surface area contributed by atoms with Crippen LogP contribution in [0.5, 0.6) is 0 Å². The lowest BCUT2D eigenvalue weighted by Crippen LogP contribution is -2.45. The van der Waals surface area contributed by atoms with Gasteiger partial charge in [-0.25, -0.2) is 0 Å². The van der Waals surface area contributed by atoms with Crippen LogP contribution in [0.2, 0.25) is 0 Å². The van der Waals surface area contributed by atoms with Gasteiger partial charge in [0.25, 0.3) is 0 Å². The van der Waals surface area contributed by atoms with Crippen LogP contribution in [0, 0.1) is 0 Å². The quantitative estimate of drug-likeness (QED) is 0.785. The first-order valence-corrected chi connectivity index (χ1v) is 6.29. The van der Waals surface area contributed by atoms with Gasteiger partial charge in [0, 0.05) is 26.8 Å². The van der Waals surface area contributed by atoms with Gasteiger partial charge in [-0.05, 0) is 19.3 Å². The molecule has 1 unspecified atom stereocenters. The van der Waals surface area contributed by atoms with E-state index in [4.69, 9.17) is 10.5 Å². The molecule has 0 aromatic carbocycles. The molecule has 1 aliphatic rings. The number of likely N-dealkylation sites (tertiary alicyclic amines) is 1. The van der Waals surface area contributed by atoms with E-state index in [1.54, 1.807) is 7.11 Å². The third kappa shape index (κ3) is 4.49. The molecule has 1 atom stereocenters. The summed E-state index contributed by atoms with van der Waals surface area (Å²) in [5.41, 5.74) is 5.85. The Hall–Kier alpha value is -0.610. The molecule has 0 aromatic heterocycles. The lowest BCUT2D eigenvalue weighted by atomic mass is 10.1. The summed E-state index contributed by atoms with van der Waals surface area (Å²) < 4.78 is 4.94. The maximum absolute atomic E-state index is 12.0. The van der Waals surface area contributed by atoms with E-state index in [0.717, 1.165) is 25.9 Å². The average molecular weight is 228 g/mol. The molecule has 0 aromatic rings. The predicted molar refractivity (Wildman–Crippen MR) is 64.1 cm³/mol. The van der Waals surface area contributed by atoms with Gasteiger partial charge in [0.05, 0.1) is 6.04 Å². The first kappa shape index (κ1) is 13.5. The van der Waals surface area contributed by atoms with Gasteiger partial charge in [-0.3, -0.25) is 4.79 Å². The number of ether oxygens (including phenoxy) is 1. The van der Waals surface area contributed by atoms with Crippen LogP contribution in [0.15, 0.2) is 0 Å². The Morgan fingerprint density at radius 3 is 2.38 bits per heavy atom. The maximum atomic E-state index is 12.0. The summed E-state index contributed by atoms with van der Waals surface area (Å²) >= 11 is 0. The summed E-state index contributed by atoms with van der Waals surface area (Å²) in [6, 6.07) is -0.389. The second-order valence-electron chi connectivity index (χ2n) is 4.48. The molecule has 1 aliphatic heterocycles. The van der Waals surface area contributed by atoms with E-state index in [-0.39, 0.29) is 11.9 Å². The normalized spacial score (nSPS) is 20.0. The topological polar surface area (TPSA) is 55.6 Å². The van der Waals surface area contributed by atoms with Crippen molar-refractivity contribution in [3.05, 3.63) is 0 Å². The van der Waals surface area contributed by atoms with Crippen LogP contribution in [0.1, 0.15) is 38.5 Å². The molecule has 0 saturated carbocycles. The monoisotopic (exact) mass is 228 g/mol. The summed E-state index contributed by atoms with van der Waals surface area (Å²) in [5.74, 6) is 0.0963. The standard InChI is InChI=1S/C12H24N2O2/c1-16-10-7-11(13)12(15)14-8-5-3-2-4-6-9-14/h11H,2-10,13H2,1H3. The van der Waals surface area contributed by atoms with E-state index in [2.05, 4.69) is 0 Å². The molecule has 1 heterocycles. The summed E-state index contributed by atoms with van der Waals surface area (Å²) in [6.45, 7) is 2.31. The number of hydrogen-bond donors (Lipinski definition) is 1. The Labute approximate surface area is 98.1 Å². The second-order valence-corrected chi connectivity index (χ2v) is 4.48. The highest BCUT2D eigenvalue weighted by Crippen LogP contribution is 2.11. The lowest BCUT2D eigenvalue weighted by molar-refractivity contribution is -0.133. The molecule has 0 radical (unpaired) electrons. The van der Waals surface area contributed by atoms with Crippen molar-refractivity contribution >= 4 is 5.91 Å². The number of nitrogens with zero attached hydrogens (tertiary/aromatic N) is 1. The van der Waals surface area contributed by atoms with Crippen molar-refractivity contribution in [1.29, 1.82) is 0 Å². The lowest BCUT2D eigenvalue weighted by Gasteiger charge is -2.27. The van der Waals surface area contributed by atoms with Gasteiger partial charge in [0.15, 0.2) is 0 Å². The molecule has 0 spiro atoms. The zero-order valence-corrected chi connectivity index (χ0v) is 10.3. The van der Waals surface area contributed by atoms with Gasteiger partial charge < -0.3 is 15.4 Å². The maximum Gasteiger partial charge on any atom is 0.239 e. The van der Waals surface area contributed by atoms with Crippen molar-refractivity contribution in [1.82, 2.24) is 4.90 Å². The van der Waals surface area contributed by atoms with Crippen molar-refractivity contribution in [3.63, 3.8) is 0 Å². The van der Waals surface area contributed by atoms with E-state index < -0.39 is 0 Å². The van der Waals surface area contributed by atoms with Crippen LogP contribution in [0.4, 0.5) is 0 Å². The van der Waals surface area contributed by atoms with Crippen LogP contribution in [-0.2, 0) is 9.53 Å². The van der Waals surface area contributed by atoms with E-state index >= 15 is 0 Å². The zero-order chi connectivity index (χ0) is 11.8. The zero-order valence-electron chi connectivity index (χ0n) is 10.3. The first-order chi connectivity index (χ1) is 7.75. The molecule has 16 heavy (non-hydrogen) atoms. The van der Waals surface area contributed by atoms with Gasteiger partial charge in [-0.2, -0.15) is 0 Å². The molecule has 4 nitrogen and oxygen atoms in total. The highest BCUT2D eigenvalue weighted by atomic mass is 16.5. The van der Waals surface area contributed by atoms with Crippen LogP contribution in [0.25, 0.3) is 0 Å². The molecule has 2 N–H and O–H groups in total. The van der Waals surface area contributed by atoms with Gasteiger partial charge in [-0.1, -0.05) is 19.3 Å². The number of amides is 1. The van der Waals surface area contributed by atoms with E-state index in [1.165, 1.54) is 19.3 Å². The Balaban J connectivity index is 2.37. The van der Waals surface area contributed by atoms with Crippen molar-refractivity contribution < 1.29 is 9.53 Å².